The van der Waals surface area contributed by atoms with Gasteiger partial charge in [0, 0.05) is 20.4 Å². The van der Waals surface area contributed by atoms with Gasteiger partial charge in [0.2, 0.25) is 5.91 Å². The third kappa shape index (κ3) is 2.94. The predicted molar refractivity (Wildman–Crippen MR) is 91.5 cm³/mol. The van der Waals surface area contributed by atoms with Crippen molar-refractivity contribution in [1.82, 2.24) is 0 Å². The zero-order valence-electron chi connectivity index (χ0n) is 11.0. The summed E-state index contributed by atoms with van der Waals surface area (Å²) in [5.74, 6) is -0.390. The molecule has 0 spiro atoms. The van der Waals surface area contributed by atoms with Gasteiger partial charge in [-0.25, -0.2) is 0 Å². The number of carbonyl (C=O) groups excluding carboxylic acids is 1. The van der Waals surface area contributed by atoms with Crippen molar-refractivity contribution in [3.63, 3.8) is 0 Å². The predicted octanol–water partition coefficient (Wildman–Crippen LogP) is 4.30. The number of carbonyl (C=O) groups is 1. The van der Waals surface area contributed by atoms with E-state index in [0.717, 1.165) is 25.8 Å². The van der Waals surface area contributed by atoms with Crippen LogP contribution in [0.3, 0.4) is 0 Å². The van der Waals surface area contributed by atoms with Crippen LogP contribution in [0, 0.1) is 0 Å². The third-order valence-corrected chi connectivity index (χ3v) is 4.72. The van der Waals surface area contributed by atoms with Gasteiger partial charge in [0.05, 0.1) is 0 Å². The fourth-order valence-corrected chi connectivity index (χ4v) is 3.66. The highest BCUT2D eigenvalue weighted by Gasteiger charge is 2.21. The monoisotopic (exact) mass is 360 g/mol. The number of thiophene rings is 1. The Morgan fingerprint density at radius 1 is 1.19 bits per heavy atom. The van der Waals surface area contributed by atoms with E-state index >= 15 is 0 Å². The third-order valence-electron chi connectivity index (χ3n) is 3.24. The van der Waals surface area contributed by atoms with Gasteiger partial charge < -0.3 is 11.1 Å². The molecule has 0 aliphatic heterocycles. The standard InChI is InChI=1S/C16H13BrN2OS/c17-10-4-3-5-11(8-10)19-15(16(18)20)13-9-21-14-7-2-1-6-12(13)14/h1-9,15,19H,(H2,18,20). The van der Waals surface area contributed by atoms with Crippen molar-refractivity contribution < 1.29 is 4.79 Å². The molecule has 0 radical (unpaired) electrons. The average molecular weight is 361 g/mol. The highest BCUT2D eigenvalue weighted by atomic mass is 79.9. The van der Waals surface area contributed by atoms with Crippen molar-refractivity contribution in [2.75, 3.05) is 5.32 Å². The highest BCUT2D eigenvalue weighted by Crippen LogP contribution is 2.32. The van der Waals surface area contributed by atoms with Crippen LogP contribution in [0.4, 0.5) is 5.69 Å². The molecule has 21 heavy (non-hydrogen) atoms. The number of rotatable bonds is 4. The van der Waals surface area contributed by atoms with Gasteiger partial charge in [-0.1, -0.05) is 40.2 Å². The summed E-state index contributed by atoms with van der Waals surface area (Å²) in [6.45, 7) is 0. The Balaban J connectivity index is 2.00. The van der Waals surface area contributed by atoms with Crippen molar-refractivity contribution in [3.8, 4) is 0 Å². The summed E-state index contributed by atoms with van der Waals surface area (Å²) in [6, 6.07) is 15.1. The van der Waals surface area contributed by atoms with Gasteiger partial charge in [0.1, 0.15) is 6.04 Å². The molecular formula is C16H13BrN2OS. The number of hydrogen-bond acceptors (Lipinski definition) is 3. The molecule has 0 aliphatic rings. The number of fused-ring (bicyclic) bond motifs is 1. The molecule has 1 atom stereocenters. The van der Waals surface area contributed by atoms with Crippen molar-refractivity contribution in [3.05, 3.63) is 63.9 Å². The Bertz CT molecular complexity index is 800. The molecular weight excluding hydrogens is 348 g/mol. The van der Waals surface area contributed by atoms with Crippen LogP contribution in [0.2, 0.25) is 0 Å². The number of benzene rings is 2. The summed E-state index contributed by atoms with van der Waals surface area (Å²) >= 11 is 5.04. The SMILES string of the molecule is NC(=O)C(Nc1cccc(Br)c1)c1csc2ccccc12. The van der Waals surface area contributed by atoms with Gasteiger partial charge in [-0.05, 0) is 35.0 Å². The number of amides is 1. The summed E-state index contributed by atoms with van der Waals surface area (Å²) < 4.78 is 2.10. The molecule has 2 aromatic carbocycles. The number of hydrogen-bond donors (Lipinski definition) is 2. The minimum absolute atomic E-state index is 0.390. The summed E-state index contributed by atoms with van der Waals surface area (Å²) in [5, 5.41) is 6.27. The number of nitrogens with two attached hydrogens (primary N) is 1. The zero-order valence-corrected chi connectivity index (χ0v) is 13.4. The maximum Gasteiger partial charge on any atom is 0.244 e. The van der Waals surface area contributed by atoms with Gasteiger partial charge >= 0.3 is 0 Å². The maximum absolute atomic E-state index is 11.9. The summed E-state index contributed by atoms with van der Waals surface area (Å²) in [4.78, 5) is 11.9. The average Bonchev–Trinajstić information content (AvgIpc) is 2.88. The second-order valence-corrected chi connectivity index (χ2v) is 6.50. The topological polar surface area (TPSA) is 55.1 Å². The van der Waals surface area contributed by atoms with Gasteiger partial charge in [-0.3, -0.25) is 4.79 Å². The Morgan fingerprint density at radius 3 is 2.76 bits per heavy atom. The van der Waals surface area contributed by atoms with E-state index in [1.807, 2.05) is 53.9 Å². The second-order valence-electron chi connectivity index (χ2n) is 4.68. The van der Waals surface area contributed by atoms with Crippen LogP contribution < -0.4 is 11.1 Å². The molecule has 1 aromatic heterocycles. The lowest BCUT2D eigenvalue weighted by Crippen LogP contribution is -2.27. The fraction of sp³-hybridized carbons (Fsp3) is 0.0625. The maximum atomic E-state index is 11.9. The van der Waals surface area contributed by atoms with Gasteiger partial charge in [-0.15, -0.1) is 11.3 Å². The van der Waals surface area contributed by atoms with Crippen LogP contribution in [0.15, 0.2) is 58.4 Å². The van der Waals surface area contributed by atoms with Crippen LogP contribution in [-0.2, 0) is 4.79 Å². The zero-order chi connectivity index (χ0) is 14.8. The summed E-state index contributed by atoms with van der Waals surface area (Å²) in [6.07, 6.45) is 0. The Labute approximate surface area is 134 Å². The first kappa shape index (κ1) is 14.1. The van der Waals surface area contributed by atoms with Crippen LogP contribution in [0.5, 0.6) is 0 Å². The molecule has 0 saturated heterocycles. The van der Waals surface area contributed by atoms with Crippen LogP contribution in [0.25, 0.3) is 10.1 Å². The molecule has 3 N–H and O–H groups in total. The van der Waals surface area contributed by atoms with E-state index in [0.29, 0.717) is 0 Å². The molecule has 5 heteroatoms. The lowest BCUT2D eigenvalue weighted by atomic mass is 10.0. The Morgan fingerprint density at radius 2 is 2.00 bits per heavy atom. The van der Waals surface area contributed by atoms with Crippen molar-refractivity contribution in [1.29, 1.82) is 0 Å². The molecule has 0 bridgehead atoms. The van der Waals surface area contributed by atoms with E-state index in [2.05, 4.69) is 21.2 Å². The normalized spacial score (nSPS) is 12.2. The first-order valence-electron chi connectivity index (χ1n) is 6.43. The lowest BCUT2D eigenvalue weighted by Gasteiger charge is -2.16. The summed E-state index contributed by atoms with van der Waals surface area (Å²) in [7, 11) is 0. The van der Waals surface area contributed by atoms with Crippen LogP contribution in [0.1, 0.15) is 11.6 Å². The molecule has 0 aliphatic carbocycles. The molecule has 3 rings (SSSR count). The highest BCUT2D eigenvalue weighted by molar-refractivity contribution is 9.10. The first-order valence-corrected chi connectivity index (χ1v) is 8.10. The van der Waals surface area contributed by atoms with E-state index in [-0.39, 0.29) is 0 Å². The molecule has 106 valence electrons. The van der Waals surface area contributed by atoms with Gasteiger partial charge in [0.15, 0.2) is 0 Å². The van der Waals surface area contributed by atoms with E-state index < -0.39 is 11.9 Å². The number of halogens is 1. The smallest absolute Gasteiger partial charge is 0.244 e. The van der Waals surface area contributed by atoms with Crippen LogP contribution >= 0.6 is 27.3 Å². The van der Waals surface area contributed by atoms with E-state index in [1.165, 1.54) is 0 Å². The Hall–Kier alpha value is -1.85. The lowest BCUT2D eigenvalue weighted by molar-refractivity contribution is -0.118. The molecule has 0 saturated carbocycles. The molecule has 1 amide bonds. The fourth-order valence-electron chi connectivity index (χ4n) is 2.27. The molecule has 0 fully saturated rings. The van der Waals surface area contributed by atoms with Crippen molar-refractivity contribution >= 4 is 48.9 Å². The minimum Gasteiger partial charge on any atom is -0.370 e. The molecule has 3 nitrogen and oxygen atoms in total. The number of nitrogens with one attached hydrogen (secondary N) is 1. The van der Waals surface area contributed by atoms with E-state index in [1.54, 1.807) is 11.3 Å². The number of primary amides is 1. The minimum atomic E-state index is -0.546. The first-order chi connectivity index (χ1) is 10.1. The van der Waals surface area contributed by atoms with E-state index in [9.17, 15) is 4.79 Å². The second kappa shape index (κ2) is 5.87. The Kier molecular flexibility index (Phi) is 3.94. The van der Waals surface area contributed by atoms with E-state index in [4.69, 9.17) is 5.73 Å². The van der Waals surface area contributed by atoms with Crippen molar-refractivity contribution in [2.45, 2.75) is 6.04 Å². The largest absolute Gasteiger partial charge is 0.370 e. The molecule has 1 heterocycles. The molecule has 1 unspecified atom stereocenters. The van der Waals surface area contributed by atoms with Gasteiger partial charge in [-0.2, -0.15) is 0 Å². The summed E-state index contributed by atoms with van der Waals surface area (Å²) in [5.41, 5.74) is 7.37. The van der Waals surface area contributed by atoms with Crippen molar-refractivity contribution in [2.24, 2.45) is 5.73 Å². The van der Waals surface area contributed by atoms with Crippen LogP contribution in [-0.4, -0.2) is 5.91 Å². The quantitative estimate of drug-likeness (QED) is 0.728. The van der Waals surface area contributed by atoms with Gasteiger partial charge in [0.25, 0.3) is 0 Å². The molecule has 3 aromatic rings. The number of anilines is 1.